The Labute approximate surface area is 63.5 Å². The Balaban J connectivity index is 3.21. The van der Waals surface area contributed by atoms with E-state index in [4.69, 9.17) is 5.73 Å². The molecule has 60 valence electrons. The van der Waals surface area contributed by atoms with Gasteiger partial charge in [0.2, 0.25) is 0 Å². The van der Waals surface area contributed by atoms with Crippen molar-refractivity contribution in [3.8, 4) is 0 Å². The Bertz CT molecular complexity index is 99.4. The van der Waals surface area contributed by atoms with Crippen molar-refractivity contribution in [3.05, 3.63) is 12.3 Å². The van der Waals surface area contributed by atoms with E-state index in [1.165, 1.54) is 12.8 Å². The van der Waals surface area contributed by atoms with Gasteiger partial charge < -0.3 is 11.1 Å². The molecule has 0 aliphatic rings. The molecule has 0 aromatic rings. The summed E-state index contributed by atoms with van der Waals surface area (Å²) in [4.78, 5) is 0. The van der Waals surface area contributed by atoms with Crippen molar-refractivity contribution in [2.75, 3.05) is 6.54 Å². The first-order chi connectivity index (χ1) is 4.66. The van der Waals surface area contributed by atoms with E-state index in [0.717, 1.165) is 6.54 Å². The molecule has 0 aromatic heterocycles. The van der Waals surface area contributed by atoms with Gasteiger partial charge in [0.1, 0.15) is 0 Å². The molecule has 0 heterocycles. The minimum Gasteiger partial charge on any atom is -0.401 e. The Morgan fingerprint density at radius 1 is 1.70 bits per heavy atom. The highest BCUT2D eigenvalue weighted by Crippen LogP contribution is 1.93. The van der Waals surface area contributed by atoms with Gasteiger partial charge in [0.25, 0.3) is 0 Å². The van der Waals surface area contributed by atoms with Crippen LogP contribution < -0.4 is 11.1 Å². The maximum atomic E-state index is 5.38. The summed E-state index contributed by atoms with van der Waals surface area (Å²) in [7, 11) is 0. The van der Waals surface area contributed by atoms with E-state index in [9.17, 15) is 0 Å². The van der Waals surface area contributed by atoms with Crippen molar-refractivity contribution in [1.29, 1.82) is 0 Å². The fourth-order valence-corrected chi connectivity index (χ4v) is 0.840. The van der Waals surface area contributed by atoms with Crippen LogP contribution in [0.2, 0.25) is 0 Å². The molecule has 0 amide bonds. The first-order valence-electron chi connectivity index (χ1n) is 3.83. The van der Waals surface area contributed by atoms with Gasteiger partial charge in [0.05, 0.1) is 0 Å². The molecule has 0 bridgehead atoms. The molecule has 2 nitrogen and oxygen atoms in total. The lowest BCUT2D eigenvalue weighted by Gasteiger charge is -2.11. The average molecular weight is 142 g/mol. The Morgan fingerprint density at radius 3 is 2.70 bits per heavy atom. The SMILES string of the molecule is C=C(N)CNC(C)CCC. The summed E-state index contributed by atoms with van der Waals surface area (Å²) in [5, 5.41) is 3.26. The number of nitrogens with one attached hydrogen (secondary N) is 1. The van der Waals surface area contributed by atoms with E-state index in [1.807, 2.05) is 0 Å². The Morgan fingerprint density at radius 2 is 2.30 bits per heavy atom. The van der Waals surface area contributed by atoms with Crippen molar-refractivity contribution in [2.24, 2.45) is 5.73 Å². The number of nitrogens with two attached hydrogens (primary N) is 1. The summed E-state index contributed by atoms with van der Waals surface area (Å²) in [6.45, 7) is 8.67. The Kier molecular flexibility index (Phi) is 5.03. The van der Waals surface area contributed by atoms with E-state index < -0.39 is 0 Å². The minimum atomic E-state index is 0.560. The van der Waals surface area contributed by atoms with Crippen molar-refractivity contribution < 1.29 is 0 Å². The van der Waals surface area contributed by atoms with Crippen LogP contribution in [0.3, 0.4) is 0 Å². The van der Waals surface area contributed by atoms with Crippen molar-refractivity contribution in [2.45, 2.75) is 32.7 Å². The molecule has 2 heteroatoms. The number of rotatable bonds is 5. The van der Waals surface area contributed by atoms with Crippen molar-refractivity contribution >= 4 is 0 Å². The average Bonchev–Trinajstić information content (AvgIpc) is 1.85. The van der Waals surface area contributed by atoms with Gasteiger partial charge in [-0.05, 0) is 13.3 Å². The summed E-state index contributed by atoms with van der Waals surface area (Å²) in [5.74, 6) is 0. The van der Waals surface area contributed by atoms with Crippen LogP contribution in [-0.4, -0.2) is 12.6 Å². The van der Waals surface area contributed by atoms with Gasteiger partial charge in [0, 0.05) is 18.3 Å². The fourth-order valence-electron chi connectivity index (χ4n) is 0.840. The first-order valence-corrected chi connectivity index (χ1v) is 3.83. The molecular weight excluding hydrogens is 124 g/mol. The van der Waals surface area contributed by atoms with Crippen LogP contribution in [0.25, 0.3) is 0 Å². The zero-order valence-electron chi connectivity index (χ0n) is 6.98. The molecule has 0 saturated carbocycles. The largest absolute Gasteiger partial charge is 0.401 e. The summed E-state index contributed by atoms with van der Waals surface area (Å²) < 4.78 is 0. The molecule has 0 fully saturated rings. The van der Waals surface area contributed by atoms with Gasteiger partial charge in [-0.1, -0.05) is 19.9 Å². The molecule has 0 rings (SSSR count). The quantitative estimate of drug-likeness (QED) is 0.606. The number of hydrogen-bond acceptors (Lipinski definition) is 2. The van der Waals surface area contributed by atoms with Crippen LogP contribution >= 0.6 is 0 Å². The van der Waals surface area contributed by atoms with Crippen LogP contribution in [-0.2, 0) is 0 Å². The highest BCUT2D eigenvalue weighted by molar-refractivity contribution is 4.89. The van der Waals surface area contributed by atoms with Gasteiger partial charge in [-0.15, -0.1) is 0 Å². The topological polar surface area (TPSA) is 38.0 Å². The molecule has 10 heavy (non-hydrogen) atoms. The normalized spacial score (nSPS) is 13.0. The first kappa shape index (κ1) is 9.50. The highest BCUT2D eigenvalue weighted by Gasteiger charge is 1.97. The second-order valence-corrected chi connectivity index (χ2v) is 2.73. The lowest BCUT2D eigenvalue weighted by atomic mass is 10.2. The monoisotopic (exact) mass is 142 g/mol. The van der Waals surface area contributed by atoms with Gasteiger partial charge in [-0.2, -0.15) is 0 Å². The van der Waals surface area contributed by atoms with Crippen LogP contribution in [0.4, 0.5) is 0 Å². The lowest BCUT2D eigenvalue weighted by Crippen LogP contribution is -2.29. The van der Waals surface area contributed by atoms with Crippen LogP contribution in [0.5, 0.6) is 0 Å². The summed E-state index contributed by atoms with van der Waals surface area (Å²) >= 11 is 0. The minimum absolute atomic E-state index is 0.560. The smallest absolute Gasteiger partial charge is 0.0348 e. The second kappa shape index (κ2) is 5.30. The maximum Gasteiger partial charge on any atom is 0.0348 e. The standard InChI is InChI=1S/C8H18N2/c1-4-5-8(3)10-6-7(2)9/h8,10H,2,4-6,9H2,1,3H3. The van der Waals surface area contributed by atoms with Gasteiger partial charge in [-0.3, -0.25) is 0 Å². The lowest BCUT2D eigenvalue weighted by molar-refractivity contribution is 0.529. The maximum absolute atomic E-state index is 5.38. The second-order valence-electron chi connectivity index (χ2n) is 2.73. The number of hydrogen-bond donors (Lipinski definition) is 2. The molecular formula is C8H18N2. The fraction of sp³-hybridized carbons (Fsp3) is 0.750. The molecule has 0 spiro atoms. The molecule has 3 N–H and O–H groups in total. The van der Waals surface area contributed by atoms with Gasteiger partial charge in [-0.25, -0.2) is 0 Å². The predicted octanol–water partition coefficient (Wildman–Crippen LogP) is 1.24. The van der Waals surface area contributed by atoms with Gasteiger partial charge >= 0.3 is 0 Å². The molecule has 0 radical (unpaired) electrons. The van der Waals surface area contributed by atoms with E-state index in [0.29, 0.717) is 11.7 Å². The third-order valence-electron chi connectivity index (χ3n) is 1.40. The van der Waals surface area contributed by atoms with Crippen molar-refractivity contribution in [3.63, 3.8) is 0 Å². The summed E-state index contributed by atoms with van der Waals surface area (Å²) in [6.07, 6.45) is 2.42. The summed E-state index contributed by atoms with van der Waals surface area (Å²) in [6, 6.07) is 0.560. The zero-order valence-corrected chi connectivity index (χ0v) is 6.98. The van der Waals surface area contributed by atoms with E-state index in [-0.39, 0.29) is 0 Å². The highest BCUT2D eigenvalue weighted by atomic mass is 14.9. The van der Waals surface area contributed by atoms with E-state index in [1.54, 1.807) is 0 Å². The molecule has 0 saturated heterocycles. The van der Waals surface area contributed by atoms with Crippen LogP contribution in [0.1, 0.15) is 26.7 Å². The van der Waals surface area contributed by atoms with Crippen LogP contribution in [0, 0.1) is 0 Å². The van der Waals surface area contributed by atoms with Crippen LogP contribution in [0.15, 0.2) is 12.3 Å². The molecule has 0 aliphatic carbocycles. The molecule has 1 unspecified atom stereocenters. The predicted molar refractivity (Wildman–Crippen MR) is 45.7 cm³/mol. The third-order valence-corrected chi connectivity index (χ3v) is 1.40. The zero-order chi connectivity index (χ0) is 7.98. The van der Waals surface area contributed by atoms with Gasteiger partial charge in [0.15, 0.2) is 0 Å². The summed E-state index contributed by atoms with van der Waals surface area (Å²) in [5.41, 5.74) is 6.09. The van der Waals surface area contributed by atoms with E-state index in [2.05, 4.69) is 25.7 Å². The van der Waals surface area contributed by atoms with Crippen molar-refractivity contribution in [1.82, 2.24) is 5.32 Å². The molecule has 0 aliphatic heterocycles. The van der Waals surface area contributed by atoms with E-state index >= 15 is 0 Å². The third kappa shape index (κ3) is 5.63. The molecule has 0 aromatic carbocycles. The molecule has 1 atom stereocenters. The Hall–Kier alpha value is -0.500.